The Bertz CT molecular complexity index is 1390. The van der Waals surface area contributed by atoms with Gasteiger partial charge in [-0.3, -0.25) is 14.5 Å². The molecule has 43 heavy (non-hydrogen) atoms. The van der Waals surface area contributed by atoms with Gasteiger partial charge in [0.25, 0.3) is 5.91 Å². The van der Waals surface area contributed by atoms with Crippen LogP contribution in [0.1, 0.15) is 43.1 Å². The van der Waals surface area contributed by atoms with Gasteiger partial charge < -0.3 is 20.9 Å². The standard InChI is InChI=1S/C33H40N4O5S/c1-4-22(2)19-36(43-28-15-13-26(34)14-16-28)20-30(39)29(17-24-9-6-5-7-10-24)35-32(40)31-21-37(33(41)42-31)27-12-8-11-25(18-27)23(3)38/h5-16,18,22,29-31,39H,4,17,19-21,34H2,1-3H3,(H,35,40). The first kappa shape index (κ1) is 32.1. The first-order valence-electron chi connectivity index (χ1n) is 14.5. The first-order chi connectivity index (χ1) is 20.6. The molecule has 0 saturated carbocycles. The smallest absolute Gasteiger partial charge is 0.415 e. The number of amides is 2. The Morgan fingerprint density at radius 2 is 1.81 bits per heavy atom. The molecule has 10 heteroatoms. The number of aliphatic hydroxyl groups excluding tert-OH is 1. The summed E-state index contributed by atoms with van der Waals surface area (Å²) in [7, 11) is 0. The number of benzene rings is 3. The molecule has 1 heterocycles. The van der Waals surface area contributed by atoms with E-state index in [1.165, 1.54) is 11.8 Å². The quantitative estimate of drug-likeness (QED) is 0.134. The molecule has 4 atom stereocenters. The Morgan fingerprint density at radius 1 is 1.09 bits per heavy atom. The van der Waals surface area contributed by atoms with Crippen LogP contribution in [0.15, 0.2) is 83.8 Å². The van der Waals surface area contributed by atoms with Crippen LogP contribution in [0.2, 0.25) is 0 Å². The van der Waals surface area contributed by atoms with Gasteiger partial charge in [0.2, 0.25) is 0 Å². The van der Waals surface area contributed by atoms with Crippen molar-refractivity contribution >= 4 is 41.1 Å². The van der Waals surface area contributed by atoms with Crippen LogP contribution in [0, 0.1) is 5.92 Å². The van der Waals surface area contributed by atoms with Crippen molar-refractivity contribution in [2.75, 3.05) is 30.3 Å². The van der Waals surface area contributed by atoms with Crippen LogP contribution < -0.4 is 16.0 Å². The van der Waals surface area contributed by atoms with E-state index >= 15 is 0 Å². The summed E-state index contributed by atoms with van der Waals surface area (Å²) in [6, 6.07) is 23.3. The van der Waals surface area contributed by atoms with Crippen molar-refractivity contribution in [1.82, 2.24) is 9.62 Å². The molecule has 4 N–H and O–H groups in total. The number of nitrogens with one attached hydrogen (secondary N) is 1. The summed E-state index contributed by atoms with van der Waals surface area (Å²) in [5.41, 5.74) is 8.45. The molecule has 4 unspecified atom stereocenters. The number of ketones is 1. The van der Waals surface area contributed by atoms with E-state index in [2.05, 4.69) is 23.5 Å². The summed E-state index contributed by atoms with van der Waals surface area (Å²) in [4.78, 5) is 40.4. The van der Waals surface area contributed by atoms with Gasteiger partial charge in [0, 0.05) is 34.9 Å². The van der Waals surface area contributed by atoms with Gasteiger partial charge in [0.1, 0.15) is 0 Å². The number of nitrogens with zero attached hydrogens (tertiary/aromatic N) is 2. The molecule has 1 aliphatic heterocycles. The zero-order valence-electron chi connectivity index (χ0n) is 24.8. The van der Waals surface area contributed by atoms with E-state index in [0.717, 1.165) is 23.4 Å². The Morgan fingerprint density at radius 3 is 2.49 bits per heavy atom. The van der Waals surface area contributed by atoms with Crippen molar-refractivity contribution in [1.29, 1.82) is 0 Å². The molecule has 4 rings (SSSR count). The Balaban J connectivity index is 1.49. The molecule has 0 aromatic heterocycles. The van der Waals surface area contributed by atoms with Crippen molar-refractivity contribution in [3.05, 3.63) is 90.0 Å². The van der Waals surface area contributed by atoms with Gasteiger partial charge in [-0.15, -0.1) is 0 Å². The maximum Gasteiger partial charge on any atom is 0.415 e. The first-order valence-corrected chi connectivity index (χ1v) is 15.3. The third-order valence-corrected chi connectivity index (χ3v) is 8.52. The average Bonchev–Trinajstić information content (AvgIpc) is 3.40. The summed E-state index contributed by atoms with van der Waals surface area (Å²) in [5, 5.41) is 14.5. The van der Waals surface area contributed by atoms with Crippen LogP contribution >= 0.6 is 11.9 Å². The molecule has 2 amide bonds. The fourth-order valence-corrected chi connectivity index (χ4v) is 5.88. The minimum atomic E-state index is -1.07. The largest absolute Gasteiger partial charge is 0.434 e. The van der Waals surface area contributed by atoms with E-state index < -0.39 is 30.3 Å². The van der Waals surface area contributed by atoms with Gasteiger partial charge in [-0.2, -0.15) is 0 Å². The second-order valence-electron chi connectivity index (χ2n) is 11.0. The number of nitrogens with two attached hydrogens (primary N) is 1. The third kappa shape index (κ3) is 9.06. The monoisotopic (exact) mass is 604 g/mol. The second kappa shape index (κ2) is 15.0. The molecule has 0 bridgehead atoms. The maximum atomic E-state index is 13.5. The third-order valence-electron chi connectivity index (χ3n) is 7.48. The van der Waals surface area contributed by atoms with Gasteiger partial charge in [-0.25, -0.2) is 9.10 Å². The summed E-state index contributed by atoms with van der Waals surface area (Å²) < 4.78 is 7.56. The van der Waals surface area contributed by atoms with E-state index in [4.69, 9.17) is 10.5 Å². The minimum Gasteiger partial charge on any atom is -0.434 e. The number of carbonyl (C=O) groups excluding carboxylic acids is 3. The zero-order chi connectivity index (χ0) is 30.9. The minimum absolute atomic E-state index is 0.00664. The molecular formula is C33H40N4O5S. The van der Waals surface area contributed by atoms with Gasteiger partial charge in [0.05, 0.1) is 18.7 Å². The van der Waals surface area contributed by atoms with E-state index in [-0.39, 0.29) is 12.3 Å². The van der Waals surface area contributed by atoms with Crippen molar-refractivity contribution in [2.45, 2.75) is 56.8 Å². The Kier molecular flexibility index (Phi) is 11.2. The highest BCUT2D eigenvalue weighted by atomic mass is 32.2. The van der Waals surface area contributed by atoms with Crippen molar-refractivity contribution in [3.8, 4) is 0 Å². The highest BCUT2D eigenvalue weighted by Crippen LogP contribution is 2.27. The van der Waals surface area contributed by atoms with E-state index in [9.17, 15) is 19.5 Å². The van der Waals surface area contributed by atoms with Crippen LogP contribution in [0.25, 0.3) is 0 Å². The average molecular weight is 605 g/mol. The number of Topliss-reactive ketones (excluding diaryl/α,β-unsaturated/α-hetero) is 1. The molecule has 9 nitrogen and oxygen atoms in total. The zero-order valence-corrected chi connectivity index (χ0v) is 25.6. The lowest BCUT2D eigenvalue weighted by atomic mass is 10.0. The summed E-state index contributed by atoms with van der Waals surface area (Å²) in [6.07, 6.45) is -1.28. The SMILES string of the molecule is CCC(C)CN(CC(O)C(Cc1ccccc1)NC(=O)C1CN(c2cccc(C(C)=O)c2)C(=O)O1)Sc1ccc(N)cc1. The molecule has 3 aromatic rings. The van der Waals surface area contributed by atoms with Gasteiger partial charge in [-0.1, -0.05) is 62.7 Å². The number of hydrogen-bond donors (Lipinski definition) is 3. The highest BCUT2D eigenvalue weighted by molar-refractivity contribution is 7.97. The molecular weight excluding hydrogens is 564 g/mol. The predicted octanol–water partition coefficient (Wildman–Crippen LogP) is 4.94. The fourth-order valence-electron chi connectivity index (χ4n) is 4.77. The number of nitrogen functional groups attached to an aromatic ring is 1. The van der Waals surface area contributed by atoms with Crippen LogP contribution in [0.3, 0.4) is 0 Å². The lowest BCUT2D eigenvalue weighted by Gasteiger charge is -2.31. The molecule has 0 radical (unpaired) electrons. The van der Waals surface area contributed by atoms with Crippen LogP contribution in [-0.2, 0) is 16.0 Å². The fraction of sp³-hybridized carbons (Fsp3) is 0.364. The highest BCUT2D eigenvalue weighted by Gasteiger charge is 2.38. The summed E-state index contributed by atoms with van der Waals surface area (Å²) >= 11 is 1.54. The number of cyclic esters (lactones) is 1. The molecule has 0 aliphatic carbocycles. The van der Waals surface area contributed by atoms with Crippen LogP contribution in [0.4, 0.5) is 16.2 Å². The molecule has 0 spiro atoms. The Labute approximate surface area is 257 Å². The van der Waals surface area contributed by atoms with Gasteiger partial charge in [-0.05, 0) is 73.2 Å². The number of ether oxygens (including phenoxy) is 1. The molecule has 1 saturated heterocycles. The van der Waals surface area contributed by atoms with Crippen LogP contribution in [0.5, 0.6) is 0 Å². The summed E-state index contributed by atoms with van der Waals surface area (Å²) in [5.74, 6) is -0.224. The van der Waals surface area contributed by atoms with Crippen LogP contribution in [-0.4, -0.2) is 65.1 Å². The van der Waals surface area contributed by atoms with E-state index in [1.807, 2.05) is 54.6 Å². The van der Waals surface area contributed by atoms with Gasteiger partial charge in [0.15, 0.2) is 11.9 Å². The number of hydrogen-bond acceptors (Lipinski definition) is 8. The van der Waals surface area contributed by atoms with Gasteiger partial charge >= 0.3 is 6.09 Å². The number of carbonyl (C=O) groups is 3. The number of rotatable bonds is 14. The Hall–Kier alpha value is -3.86. The molecule has 1 fully saturated rings. The van der Waals surface area contributed by atoms with E-state index in [1.54, 1.807) is 36.2 Å². The normalized spacial score (nSPS) is 16.9. The lowest BCUT2D eigenvalue weighted by molar-refractivity contribution is -0.129. The van der Waals surface area contributed by atoms with Crippen molar-refractivity contribution < 1.29 is 24.2 Å². The predicted molar refractivity (Wildman–Crippen MR) is 170 cm³/mol. The lowest BCUT2D eigenvalue weighted by Crippen LogP contribution is -2.52. The molecule has 228 valence electrons. The molecule has 3 aromatic carbocycles. The number of aliphatic hydroxyl groups is 1. The van der Waals surface area contributed by atoms with Crippen molar-refractivity contribution in [3.63, 3.8) is 0 Å². The summed E-state index contributed by atoms with van der Waals surface area (Å²) in [6.45, 7) is 6.78. The topological polar surface area (TPSA) is 125 Å². The van der Waals surface area contributed by atoms with Crippen molar-refractivity contribution in [2.24, 2.45) is 5.92 Å². The second-order valence-corrected chi connectivity index (χ2v) is 12.2. The molecule has 1 aliphatic rings. The van der Waals surface area contributed by atoms with E-state index in [0.29, 0.717) is 35.8 Å². The number of anilines is 2. The maximum absolute atomic E-state index is 13.5.